The molecule has 21 heavy (non-hydrogen) atoms. The number of carbonyl (C=O) groups excluding carboxylic acids is 1. The molecule has 0 aromatic heterocycles. The Labute approximate surface area is 129 Å². The first-order chi connectivity index (χ1) is 10.2. The summed E-state index contributed by atoms with van der Waals surface area (Å²) in [6.45, 7) is 0. The highest BCUT2D eigenvalue weighted by atomic mass is 79.9. The van der Waals surface area contributed by atoms with E-state index in [1.165, 1.54) is 12.4 Å². The van der Waals surface area contributed by atoms with Crippen molar-refractivity contribution in [3.8, 4) is 11.5 Å². The summed E-state index contributed by atoms with van der Waals surface area (Å²) in [6, 6.07) is 5.33. The summed E-state index contributed by atoms with van der Waals surface area (Å²) in [4.78, 5) is 10.8. The maximum Gasteiger partial charge on any atom is 0.260 e. The average molecular weight is 353 g/mol. The Morgan fingerprint density at radius 2 is 2.19 bits per heavy atom. The number of hydrogen-bond donors (Lipinski definition) is 1. The number of amides is 1. The largest absolute Gasteiger partial charge is 0.497 e. The molecule has 1 amide bonds. The highest BCUT2D eigenvalue weighted by Crippen LogP contribution is 2.22. The average Bonchev–Trinajstić information content (AvgIpc) is 2.51. The lowest BCUT2D eigenvalue weighted by Crippen LogP contribution is -2.38. The second-order valence-corrected chi connectivity index (χ2v) is 4.89. The zero-order chi connectivity index (χ0) is 15.2. The number of benzene rings is 1. The molecular weight excluding hydrogens is 340 g/mol. The molecule has 7 nitrogen and oxygen atoms in total. The Balaban J connectivity index is 2.23. The minimum Gasteiger partial charge on any atom is -0.497 e. The molecule has 8 heteroatoms. The van der Waals surface area contributed by atoms with Crippen LogP contribution < -0.4 is 14.9 Å². The van der Waals surface area contributed by atoms with Crippen LogP contribution >= 0.6 is 15.9 Å². The number of alkyl halides is 1. The summed E-state index contributed by atoms with van der Waals surface area (Å²) < 4.78 is 10.4. The minimum absolute atomic E-state index is 0.287. The molecule has 2 rings (SSSR count). The first kappa shape index (κ1) is 15.2. The van der Waals surface area contributed by atoms with Crippen molar-refractivity contribution >= 4 is 40.0 Å². The molecule has 0 fully saturated rings. The van der Waals surface area contributed by atoms with E-state index in [4.69, 9.17) is 9.47 Å². The number of methoxy groups -OCH3 is 2. The molecule has 0 saturated heterocycles. The third-order valence-electron chi connectivity index (χ3n) is 2.67. The fraction of sp³-hybridized carbons (Fsp3) is 0.231. The van der Waals surface area contributed by atoms with E-state index >= 15 is 0 Å². The van der Waals surface area contributed by atoms with E-state index in [-0.39, 0.29) is 5.91 Å². The van der Waals surface area contributed by atoms with Crippen molar-refractivity contribution < 1.29 is 14.3 Å². The standard InChI is InChI=1S/C13H13BrN4O3/c1-20-9-3-4-11(21-2)8(5-9)6-15-17-10-7-16-18-13(19)12(10)14/h3-7,12H,1-2H3,(H,18,19)/b15-6-,17-10-. The van der Waals surface area contributed by atoms with E-state index < -0.39 is 4.83 Å². The van der Waals surface area contributed by atoms with E-state index in [2.05, 4.69) is 36.7 Å². The van der Waals surface area contributed by atoms with Gasteiger partial charge in [-0.2, -0.15) is 15.3 Å². The summed E-state index contributed by atoms with van der Waals surface area (Å²) in [6.07, 6.45) is 2.95. The lowest BCUT2D eigenvalue weighted by Gasteiger charge is -2.11. The predicted molar refractivity (Wildman–Crippen MR) is 83.9 cm³/mol. The van der Waals surface area contributed by atoms with Crippen LogP contribution in [0.25, 0.3) is 0 Å². The SMILES string of the molecule is COc1ccc(OC)c(/C=N\N=C2\C=NNC(=O)C2Br)c1. The molecule has 0 saturated carbocycles. The van der Waals surface area contributed by atoms with E-state index in [0.717, 1.165) is 0 Å². The Morgan fingerprint density at radius 1 is 1.38 bits per heavy atom. The molecule has 0 aliphatic carbocycles. The van der Waals surface area contributed by atoms with Gasteiger partial charge in [-0.1, -0.05) is 15.9 Å². The number of nitrogens with zero attached hydrogens (tertiary/aromatic N) is 3. The van der Waals surface area contributed by atoms with Gasteiger partial charge in [-0.15, -0.1) is 0 Å². The quantitative estimate of drug-likeness (QED) is 0.504. The molecule has 0 spiro atoms. The number of hydrogen-bond acceptors (Lipinski definition) is 6. The van der Waals surface area contributed by atoms with Crippen LogP contribution in [0.5, 0.6) is 11.5 Å². The van der Waals surface area contributed by atoms with Crippen molar-refractivity contribution in [3.05, 3.63) is 23.8 Å². The van der Waals surface area contributed by atoms with Crippen LogP contribution in [0.4, 0.5) is 0 Å². The first-order valence-corrected chi connectivity index (χ1v) is 6.87. The zero-order valence-electron chi connectivity index (χ0n) is 11.4. The normalized spacial score (nSPS) is 19.9. The number of rotatable bonds is 4. The van der Waals surface area contributed by atoms with Gasteiger partial charge in [-0.25, -0.2) is 5.43 Å². The third-order valence-corrected chi connectivity index (χ3v) is 3.55. The summed E-state index contributed by atoms with van der Waals surface area (Å²) in [7, 11) is 3.15. The van der Waals surface area contributed by atoms with E-state index in [1.807, 2.05) is 0 Å². The van der Waals surface area contributed by atoms with Gasteiger partial charge in [-0.3, -0.25) is 4.79 Å². The monoisotopic (exact) mass is 352 g/mol. The fourth-order valence-electron chi connectivity index (χ4n) is 1.59. The van der Waals surface area contributed by atoms with Crippen molar-refractivity contribution in [2.24, 2.45) is 15.3 Å². The molecule has 1 aliphatic heterocycles. The van der Waals surface area contributed by atoms with Gasteiger partial charge in [-0.05, 0) is 18.2 Å². The van der Waals surface area contributed by atoms with Gasteiger partial charge in [0, 0.05) is 5.56 Å². The van der Waals surface area contributed by atoms with Gasteiger partial charge in [0.05, 0.1) is 26.6 Å². The number of halogens is 1. The van der Waals surface area contributed by atoms with E-state index in [0.29, 0.717) is 22.8 Å². The van der Waals surface area contributed by atoms with Crippen LogP contribution in [0.15, 0.2) is 33.5 Å². The van der Waals surface area contributed by atoms with Crippen LogP contribution in [0.2, 0.25) is 0 Å². The first-order valence-electron chi connectivity index (χ1n) is 5.95. The third kappa shape index (κ3) is 3.66. The summed E-state index contributed by atoms with van der Waals surface area (Å²) in [5.74, 6) is 1.04. The number of hydrazone groups is 1. The van der Waals surface area contributed by atoms with Gasteiger partial charge in [0.15, 0.2) is 0 Å². The molecule has 1 aromatic rings. The van der Waals surface area contributed by atoms with Gasteiger partial charge in [0.1, 0.15) is 22.0 Å². The second-order valence-electron chi connectivity index (χ2n) is 3.97. The maximum absolute atomic E-state index is 11.4. The highest BCUT2D eigenvalue weighted by Gasteiger charge is 2.23. The smallest absolute Gasteiger partial charge is 0.260 e. The molecular formula is C13H13BrN4O3. The Morgan fingerprint density at radius 3 is 2.90 bits per heavy atom. The Hall–Kier alpha value is -2.22. The molecule has 1 atom stereocenters. The van der Waals surface area contributed by atoms with Crippen molar-refractivity contribution in [2.45, 2.75) is 4.83 Å². The minimum atomic E-state index is -0.570. The lowest BCUT2D eigenvalue weighted by molar-refractivity contribution is -0.119. The Bertz CT molecular complexity index is 628. The number of ether oxygens (including phenoxy) is 2. The van der Waals surface area contributed by atoms with Crippen LogP contribution in [-0.4, -0.2) is 43.1 Å². The van der Waals surface area contributed by atoms with Crippen LogP contribution in [-0.2, 0) is 4.79 Å². The van der Waals surface area contributed by atoms with E-state index in [9.17, 15) is 4.79 Å². The zero-order valence-corrected chi connectivity index (χ0v) is 13.0. The molecule has 1 N–H and O–H groups in total. The molecule has 0 radical (unpaired) electrons. The van der Waals surface area contributed by atoms with Crippen LogP contribution in [0.1, 0.15) is 5.56 Å². The molecule has 1 heterocycles. The summed E-state index contributed by atoms with van der Waals surface area (Å²) in [5.41, 5.74) is 3.44. The summed E-state index contributed by atoms with van der Waals surface area (Å²) >= 11 is 3.20. The molecule has 1 aliphatic rings. The van der Waals surface area contributed by atoms with Gasteiger partial charge in [0.2, 0.25) is 0 Å². The molecule has 0 bridgehead atoms. The molecule has 1 aromatic carbocycles. The fourth-order valence-corrected chi connectivity index (χ4v) is 1.91. The van der Waals surface area contributed by atoms with Crippen molar-refractivity contribution in [1.82, 2.24) is 5.43 Å². The molecule has 1 unspecified atom stereocenters. The second kappa shape index (κ2) is 6.98. The van der Waals surface area contributed by atoms with Gasteiger partial charge in [0.25, 0.3) is 5.91 Å². The molecule has 110 valence electrons. The van der Waals surface area contributed by atoms with Crippen molar-refractivity contribution in [2.75, 3.05) is 14.2 Å². The Kier molecular flexibility index (Phi) is 5.04. The maximum atomic E-state index is 11.4. The van der Waals surface area contributed by atoms with Crippen LogP contribution in [0.3, 0.4) is 0 Å². The van der Waals surface area contributed by atoms with Crippen molar-refractivity contribution in [1.29, 1.82) is 0 Å². The number of nitrogens with one attached hydrogen (secondary N) is 1. The summed E-state index contributed by atoms with van der Waals surface area (Å²) in [5, 5.41) is 11.6. The van der Waals surface area contributed by atoms with Gasteiger partial charge >= 0.3 is 0 Å². The lowest BCUT2D eigenvalue weighted by atomic mass is 10.2. The van der Waals surface area contributed by atoms with Gasteiger partial charge < -0.3 is 9.47 Å². The highest BCUT2D eigenvalue weighted by molar-refractivity contribution is 9.10. The predicted octanol–water partition coefficient (Wildman–Crippen LogP) is 1.36. The van der Waals surface area contributed by atoms with E-state index in [1.54, 1.807) is 32.4 Å². The topological polar surface area (TPSA) is 84.6 Å². The van der Waals surface area contributed by atoms with Crippen molar-refractivity contribution in [3.63, 3.8) is 0 Å². The van der Waals surface area contributed by atoms with Crippen LogP contribution in [0, 0.1) is 0 Å². The number of carbonyl (C=O) groups is 1.